The lowest BCUT2D eigenvalue weighted by atomic mass is 10.4. The van der Waals surface area contributed by atoms with Crippen LogP contribution in [0.15, 0.2) is 0 Å². The van der Waals surface area contributed by atoms with E-state index in [1.165, 1.54) is 6.92 Å². The number of esters is 1. The first kappa shape index (κ1) is 23.9. The quantitative estimate of drug-likeness (QED) is 0.632. The first-order valence-corrected chi connectivity index (χ1v) is 4.95. The summed E-state index contributed by atoms with van der Waals surface area (Å²) in [5.74, 6) is -0.211. The summed E-state index contributed by atoms with van der Waals surface area (Å²) in [6.45, 7) is 7.98. The van der Waals surface area contributed by atoms with Gasteiger partial charge in [-0.25, -0.2) is 0 Å². The van der Waals surface area contributed by atoms with Crippen LogP contribution >= 0.6 is 0 Å². The van der Waals surface area contributed by atoms with E-state index in [9.17, 15) is 4.79 Å². The molecule has 0 aromatic heterocycles. The highest BCUT2D eigenvalue weighted by Gasteiger charge is 1.81. The highest BCUT2D eigenvalue weighted by molar-refractivity contribution is 5.65. The second-order valence-electron chi connectivity index (χ2n) is 2.32. The van der Waals surface area contributed by atoms with Gasteiger partial charge in [0.2, 0.25) is 0 Å². The van der Waals surface area contributed by atoms with Crippen molar-refractivity contribution in [3.63, 3.8) is 0 Å². The van der Waals surface area contributed by atoms with Crippen LogP contribution in [0, 0.1) is 0 Å². The van der Waals surface area contributed by atoms with Gasteiger partial charge < -0.3 is 21.1 Å². The minimum absolute atomic E-state index is 0. The summed E-state index contributed by atoms with van der Waals surface area (Å²) in [5, 5.41) is 15.6. The molecule has 0 amide bonds. The topological polar surface area (TPSA) is 102 Å². The Labute approximate surface area is 93.0 Å². The second kappa shape index (κ2) is 29.2. The molecule has 0 saturated carbocycles. The Morgan fingerprint density at radius 1 is 1.20 bits per heavy atom. The van der Waals surface area contributed by atoms with Crippen LogP contribution in [0.3, 0.4) is 0 Å². The van der Waals surface area contributed by atoms with Gasteiger partial charge in [-0.1, -0.05) is 13.3 Å². The number of carbonyl (C=O) groups excluding carboxylic acids is 1. The molecule has 0 aliphatic heterocycles. The van der Waals surface area contributed by atoms with Gasteiger partial charge in [0, 0.05) is 20.1 Å². The molecule has 0 atom stereocenters. The largest absolute Gasteiger partial charge is 0.466 e. The third-order valence-electron chi connectivity index (χ3n) is 0.859. The Hall–Kier alpha value is -0.650. The van der Waals surface area contributed by atoms with E-state index < -0.39 is 0 Å². The smallest absolute Gasteiger partial charge is 0.302 e. The van der Waals surface area contributed by atoms with E-state index in [4.69, 9.17) is 10.2 Å². The van der Waals surface area contributed by atoms with Gasteiger partial charge in [0.05, 0.1) is 6.61 Å². The molecule has 5 heteroatoms. The van der Waals surface area contributed by atoms with E-state index in [1.807, 2.05) is 0 Å². The van der Waals surface area contributed by atoms with Crippen molar-refractivity contribution < 1.29 is 19.7 Å². The summed E-state index contributed by atoms with van der Waals surface area (Å²) < 4.78 is 4.40. The fraction of sp³-hybridized carbons (Fsp3) is 0.900. The zero-order chi connectivity index (χ0) is 11.8. The van der Waals surface area contributed by atoms with E-state index in [1.54, 1.807) is 13.8 Å². The van der Waals surface area contributed by atoms with Crippen LogP contribution in [-0.2, 0) is 9.53 Å². The molecule has 15 heavy (non-hydrogen) atoms. The molecule has 0 rings (SSSR count). The number of hydrogen-bond donors (Lipinski definition) is 3. The van der Waals surface area contributed by atoms with Crippen LogP contribution < -0.4 is 6.15 Å². The molecule has 0 saturated heterocycles. The summed E-state index contributed by atoms with van der Waals surface area (Å²) in [7, 11) is 0. The maximum absolute atomic E-state index is 9.82. The Morgan fingerprint density at radius 3 is 1.60 bits per heavy atom. The molecule has 0 aromatic carbocycles. The van der Waals surface area contributed by atoms with E-state index >= 15 is 0 Å². The number of aliphatic hydroxyl groups is 2. The van der Waals surface area contributed by atoms with Crippen LogP contribution in [0.1, 0.15) is 40.5 Å². The van der Waals surface area contributed by atoms with Gasteiger partial charge in [-0.15, -0.1) is 0 Å². The maximum atomic E-state index is 9.82. The third kappa shape index (κ3) is 90.9. The van der Waals surface area contributed by atoms with Gasteiger partial charge in [-0.3, -0.25) is 4.79 Å². The Balaban J connectivity index is -0.0000000617. The molecule has 96 valence electrons. The molecule has 0 fully saturated rings. The Kier molecular flexibility index (Phi) is 46.5. The van der Waals surface area contributed by atoms with Crippen LogP contribution in [0.5, 0.6) is 0 Å². The highest BCUT2D eigenvalue weighted by atomic mass is 16.5. The summed E-state index contributed by atoms with van der Waals surface area (Å²) in [5.41, 5.74) is 0. The van der Waals surface area contributed by atoms with Gasteiger partial charge >= 0.3 is 5.97 Å². The number of carbonyl (C=O) groups is 1. The van der Waals surface area contributed by atoms with Gasteiger partial charge in [0.1, 0.15) is 0 Å². The number of aliphatic hydroxyl groups excluding tert-OH is 2. The van der Waals surface area contributed by atoms with Crippen molar-refractivity contribution >= 4 is 5.97 Å². The van der Waals surface area contributed by atoms with Crippen molar-refractivity contribution in [3.8, 4) is 0 Å². The van der Waals surface area contributed by atoms with E-state index in [2.05, 4.69) is 11.7 Å². The average Bonchev–Trinajstić information content (AvgIpc) is 2.07. The monoisotopic (exact) mass is 225 g/mol. The van der Waals surface area contributed by atoms with E-state index in [0.717, 1.165) is 12.8 Å². The molecule has 0 aromatic rings. The normalized spacial score (nSPS) is 7.07. The van der Waals surface area contributed by atoms with Crippen molar-refractivity contribution in [3.05, 3.63) is 0 Å². The lowest BCUT2D eigenvalue weighted by molar-refractivity contribution is -0.140. The van der Waals surface area contributed by atoms with Gasteiger partial charge in [0.15, 0.2) is 0 Å². The van der Waals surface area contributed by atoms with Crippen molar-refractivity contribution in [2.45, 2.75) is 40.5 Å². The molecule has 0 radical (unpaired) electrons. The first-order valence-electron chi connectivity index (χ1n) is 4.95. The van der Waals surface area contributed by atoms with Crippen molar-refractivity contribution in [1.82, 2.24) is 6.15 Å². The number of unbranched alkanes of at least 4 members (excludes halogenated alkanes) is 1. The SMILES string of the molecule is CCCCO.CCO.CCOC(C)=O.N. The molecule has 0 spiro atoms. The van der Waals surface area contributed by atoms with Crippen LogP contribution in [0.25, 0.3) is 0 Å². The fourth-order valence-electron chi connectivity index (χ4n) is 0.361. The van der Waals surface area contributed by atoms with Crippen LogP contribution in [-0.4, -0.2) is 36.0 Å². The summed E-state index contributed by atoms with van der Waals surface area (Å²) in [6.07, 6.45) is 2.04. The fourth-order valence-corrected chi connectivity index (χ4v) is 0.361. The van der Waals surface area contributed by atoms with E-state index in [-0.39, 0.29) is 18.7 Å². The summed E-state index contributed by atoms with van der Waals surface area (Å²) in [6, 6.07) is 0. The predicted molar refractivity (Wildman–Crippen MR) is 62.1 cm³/mol. The maximum Gasteiger partial charge on any atom is 0.302 e. The van der Waals surface area contributed by atoms with Crippen LogP contribution in [0.4, 0.5) is 0 Å². The van der Waals surface area contributed by atoms with Gasteiger partial charge in [-0.2, -0.15) is 0 Å². The van der Waals surface area contributed by atoms with Crippen molar-refractivity contribution in [2.24, 2.45) is 0 Å². The second-order valence-corrected chi connectivity index (χ2v) is 2.32. The van der Waals surface area contributed by atoms with Crippen molar-refractivity contribution in [2.75, 3.05) is 19.8 Å². The Bertz CT molecular complexity index is 97.4. The lowest BCUT2D eigenvalue weighted by Crippen LogP contribution is -1.95. The average molecular weight is 225 g/mol. The number of ether oxygens (including phenoxy) is 1. The zero-order valence-electron chi connectivity index (χ0n) is 10.5. The third-order valence-corrected chi connectivity index (χ3v) is 0.859. The molecule has 5 N–H and O–H groups in total. The van der Waals surface area contributed by atoms with Crippen molar-refractivity contribution in [1.29, 1.82) is 0 Å². The predicted octanol–water partition coefficient (Wildman–Crippen LogP) is 1.51. The first-order chi connectivity index (χ1) is 6.60. The molecule has 0 bridgehead atoms. The molecular formula is C10H27NO4. The Morgan fingerprint density at radius 2 is 1.60 bits per heavy atom. The number of rotatable bonds is 3. The van der Waals surface area contributed by atoms with Gasteiger partial charge in [0.25, 0.3) is 0 Å². The summed E-state index contributed by atoms with van der Waals surface area (Å²) >= 11 is 0. The molecule has 0 aliphatic rings. The summed E-state index contributed by atoms with van der Waals surface area (Å²) in [4.78, 5) is 9.82. The molecule has 0 heterocycles. The highest BCUT2D eigenvalue weighted by Crippen LogP contribution is 1.78. The standard InChI is InChI=1S/C4H8O2.C4H10O.C2H6O.H3N/c1-3-6-4(2)5;1-2-3-4-5;1-2-3;/h3H2,1-2H3;5H,2-4H2,1H3;3H,2H2,1H3;1H3. The molecule has 5 nitrogen and oxygen atoms in total. The van der Waals surface area contributed by atoms with Crippen LogP contribution in [0.2, 0.25) is 0 Å². The van der Waals surface area contributed by atoms with E-state index in [0.29, 0.717) is 13.2 Å². The zero-order valence-corrected chi connectivity index (χ0v) is 10.5. The minimum atomic E-state index is -0.211. The van der Waals surface area contributed by atoms with Gasteiger partial charge in [-0.05, 0) is 20.3 Å². The molecular weight excluding hydrogens is 198 g/mol. The minimum Gasteiger partial charge on any atom is -0.466 e. The molecule has 0 unspecified atom stereocenters. The number of hydrogen-bond acceptors (Lipinski definition) is 5. The lowest BCUT2D eigenvalue weighted by Gasteiger charge is -1.89. The molecule has 0 aliphatic carbocycles.